The highest BCUT2D eigenvalue weighted by Crippen LogP contribution is 2.16. The summed E-state index contributed by atoms with van der Waals surface area (Å²) in [5.41, 5.74) is 3.57. The molecule has 3 rings (SSSR count). The summed E-state index contributed by atoms with van der Waals surface area (Å²) >= 11 is 0. The Labute approximate surface area is 123 Å². The van der Waals surface area contributed by atoms with E-state index in [0.717, 1.165) is 29.8 Å². The van der Waals surface area contributed by atoms with Gasteiger partial charge >= 0.3 is 5.69 Å². The monoisotopic (exact) mass is 276 g/mol. The molecule has 0 saturated heterocycles. The van der Waals surface area contributed by atoms with E-state index in [2.05, 4.69) is 22.1 Å². The molecule has 3 nitrogen and oxygen atoms in total. The van der Waals surface area contributed by atoms with Crippen LogP contribution in [0.1, 0.15) is 11.3 Å². The van der Waals surface area contributed by atoms with E-state index in [4.69, 9.17) is 0 Å². The summed E-state index contributed by atoms with van der Waals surface area (Å²) in [7, 11) is 0. The largest absolute Gasteiger partial charge is 0.345 e. The second-order valence-corrected chi connectivity index (χ2v) is 4.95. The standard InChI is InChI=1S/C18H16N2O/c21-18-19-16(12-11-14-7-3-1-4-8-14)13-17(20-18)15-9-5-2-6-10-15/h1-10,13H,11-12H2,(H,19,20,21). The van der Waals surface area contributed by atoms with E-state index in [1.165, 1.54) is 5.56 Å². The predicted octanol–water partition coefficient (Wildman–Crippen LogP) is 3.22. The molecular formula is C18H16N2O. The fourth-order valence-corrected chi connectivity index (χ4v) is 2.32. The van der Waals surface area contributed by atoms with E-state index >= 15 is 0 Å². The van der Waals surface area contributed by atoms with E-state index in [0.29, 0.717) is 0 Å². The zero-order chi connectivity index (χ0) is 14.5. The fourth-order valence-electron chi connectivity index (χ4n) is 2.32. The Morgan fingerprint density at radius 3 is 2.24 bits per heavy atom. The van der Waals surface area contributed by atoms with Gasteiger partial charge in [0, 0.05) is 11.3 Å². The molecule has 0 unspecified atom stereocenters. The van der Waals surface area contributed by atoms with Crippen LogP contribution in [0.2, 0.25) is 0 Å². The third-order valence-corrected chi connectivity index (χ3v) is 3.40. The van der Waals surface area contributed by atoms with Crippen LogP contribution in [0.3, 0.4) is 0 Å². The summed E-state index contributed by atoms with van der Waals surface area (Å²) in [5, 5.41) is 0. The molecule has 1 N–H and O–H groups in total. The molecule has 0 aliphatic rings. The number of aromatic nitrogens is 2. The highest BCUT2D eigenvalue weighted by molar-refractivity contribution is 5.58. The van der Waals surface area contributed by atoms with Crippen LogP contribution < -0.4 is 5.69 Å². The number of hydrogen-bond donors (Lipinski definition) is 1. The number of H-pyrrole nitrogens is 1. The van der Waals surface area contributed by atoms with Gasteiger partial charge in [-0.25, -0.2) is 4.79 Å². The molecule has 0 atom stereocenters. The second kappa shape index (κ2) is 6.18. The van der Waals surface area contributed by atoms with Crippen LogP contribution in [0.15, 0.2) is 71.5 Å². The Kier molecular flexibility index (Phi) is 3.92. The quantitative estimate of drug-likeness (QED) is 0.795. The summed E-state index contributed by atoms with van der Waals surface area (Å²) in [6, 6.07) is 22.0. The molecule has 1 heterocycles. The molecule has 0 spiro atoms. The van der Waals surface area contributed by atoms with Crippen LogP contribution in [0.4, 0.5) is 0 Å². The average molecular weight is 276 g/mol. The van der Waals surface area contributed by atoms with Gasteiger partial charge in [-0.15, -0.1) is 0 Å². The predicted molar refractivity (Wildman–Crippen MR) is 84.1 cm³/mol. The maximum absolute atomic E-state index is 11.7. The first-order valence-corrected chi connectivity index (χ1v) is 7.01. The maximum Gasteiger partial charge on any atom is 0.345 e. The SMILES string of the molecule is O=c1nc(-c2ccccc2)cc(CCc2ccccc2)[nH]1. The number of benzene rings is 2. The van der Waals surface area contributed by atoms with Gasteiger partial charge in [0.1, 0.15) is 0 Å². The van der Waals surface area contributed by atoms with Crippen LogP contribution >= 0.6 is 0 Å². The molecule has 21 heavy (non-hydrogen) atoms. The highest BCUT2D eigenvalue weighted by Gasteiger charge is 2.04. The maximum atomic E-state index is 11.7. The lowest BCUT2D eigenvalue weighted by atomic mass is 10.1. The van der Waals surface area contributed by atoms with E-state index in [1.54, 1.807) is 0 Å². The van der Waals surface area contributed by atoms with Crippen molar-refractivity contribution in [2.75, 3.05) is 0 Å². The molecule has 1 aromatic heterocycles. The Bertz CT molecular complexity index is 764. The minimum atomic E-state index is -0.292. The molecule has 2 aromatic carbocycles. The van der Waals surface area contributed by atoms with Gasteiger partial charge in [0.2, 0.25) is 0 Å². The number of nitrogens with zero attached hydrogens (tertiary/aromatic N) is 1. The Balaban J connectivity index is 1.83. The van der Waals surface area contributed by atoms with Crippen molar-refractivity contribution >= 4 is 0 Å². The lowest BCUT2D eigenvalue weighted by Crippen LogP contribution is -2.14. The van der Waals surface area contributed by atoms with Crippen molar-refractivity contribution in [1.82, 2.24) is 9.97 Å². The van der Waals surface area contributed by atoms with Crippen molar-refractivity contribution in [2.24, 2.45) is 0 Å². The lowest BCUT2D eigenvalue weighted by Gasteiger charge is -2.05. The van der Waals surface area contributed by atoms with Gasteiger partial charge in [0.25, 0.3) is 0 Å². The molecule has 3 heteroatoms. The number of hydrogen-bond acceptors (Lipinski definition) is 2. The highest BCUT2D eigenvalue weighted by atomic mass is 16.1. The molecule has 104 valence electrons. The molecule has 3 aromatic rings. The lowest BCUT2D eigenvalue weighted by molar-refractivity contribution is 0.884. The van der Waals surface area contributed by atoms with Crippen LogP contribution in [0, 0.1) is 0 Å². The minimum absolute atomic E-state index is 0.292. The smallest absolute Gasteiger partial charge is 0.310 e. The molecule has 0 amide bonds. The number of rotatable bonds is 4. The van der Waals surface area contributed by atoms with Gasteiger partial charge in [-0.3, -0.25) is 0 Å². The molecule has 0 saturated carbocycles. The fraction of sp³-hybridized carbons (Fsp3) is 0.111. The van der Waals surface area contributed by atoms with Crippen molar-refractivity contribution in [1.29, 1.82) is 0 Å². The van der Waals surface area contributed by atoms with E-state index in [9.17, 15) is 4.79 Å². The Hall–Kier alpha value is -2.68. The molecule has 0 radical (unpaired) electrons. The van der Waals surface area contributed by atoms with Crippen LogP contribution in [-0.2, 0) is 12.8 Å². The van der Waals surface area contributed by atoms with Crippen LogP contribution in [-0.4, -0.2) is 9.97 Å². The topological polar surface area (TPSA) is 45.8 Å². The molecular weight excluding hydrogens is 260 g/mol. The molecule has 0 aliphatic heterocycles. The normalized spacial score (nSPS) is 10.5. The van der Waals surface area contributed by atoms with Gasteiger partial charge in [-0.1, -0.05) is 60.7 Å². The van der Waals surface area contributed by atoms with Crippen molar-refractivity contribution in [3.05, 3.63) is 88.5 Å². The third-order valence-electron chi connectivity index (χ3n) is 3.40. The zero-order valence-electron chi connectivity index (χ0n) is 11.6. The Morgan fingerprint density at radius 2 is 1.52 bits per heavy atom. The minimum Gasteiger partial charge on any atom is -0.310 e. The van der Waals surface area contributed by atoms with E-state index in [1.807, 2.05) is 54.6 Å². The second-order valence-electron chi connectivity index (χ2n) is 4.95. The zero-order valence-corrected chi connectivity index (χ0v) is 11.6. The van der Waals surface area contributed by atoms with Gasteiger partial charge in [-0.2, -0.15) is 4.98 Å². The summed E-state index contributed by atoms with van der Waals surface area (Å²) in [4.78, 5) is 18.6. The first-order valence-electron chi connectivity index (χ1n) is 7.01. The van der Waals surface area contributed by atoms with Crippen LogP contribution in [0.25, 0.3) is 11.3 Å². The first kappa shape index (κ1) is 13.3. The van der Waals surface area contributed by atoms with Crippen molar-refractivity contribution in [3.63, 3.8) is 0 Å². The average Bonchev–Trinajstić information content (AvgIpc) is 2.54. The van der Waals surface area contributed by atoms with Crippen molar-refractivity contribution < 1.29 is 0 Å². The summed E-state index contributed by atoms with van der Waals surface area (Å²) in [6.07, 6.45) is 1.69. The van der Waals surface area contributed by atoms with Crippen LogP contribution in [0.5, 0.6) is 0 Å². The summed E-state index contributed by atoms with van der Waals surface area (Å²) < 4.78 is 0. The van der Waals surface area contributed by atoms with Crippen molar-refractivity contribution in [3.8, 4) is 11.3 Å². The molecule has 0 aliphatic carbocycles. The summed E-state index contributed by atoms with van der Waals surface area (Å²) in [5.74, 6) is 0. The number of aryl methyl sites for hydroxylation is 2. The first-order chi connectivity index (χ1) is 10.3. The molecule has 0 bridgehead atoms. The van der Waals surface area contributed by atoms with Gasteiger partial charge in [0.05, 0.1) is 5.69 Å². The van der Waals surface area contributed by atoms with E-state index < -0.39 is 0 Å². The van der Waals surface area contributed by atoms with Gasteiger partial charge in [-0.05, 0) is 24.5 Å². The number of nitrogens with one attached hydrogen (secondary N) is 1. The number of aromatic amines is 1. The summed E-state index contributed by atoms with van der Waals surface area (Å²) in [6.45, 7) is 0. The Morgan fingerprint density at radius 1 is 0.857 bits per heavy atom. The van der Waals surface area contributed by atoms with Gasteiger partial charge < -0.3 is 4.98 Å². The molecule has 0 fully saturated rings. The van der Waals surface area contributed by atoms with Gasteiger partial charge in [0.15, 0.2) is 0 Å². The van der Waals surface area contributed by atoms with Crippen molar-refractivity contribution in [2.45, 2.75) is 12.8 Å². The van der Waals surface area contributed by atoms with E-state index in [-0.39, 0.29) is 5.69 Å². The third kappa shape index (κ3) is 3.45.